The van der Waals surface area contributed by atoms with Gasteiger partial charge >= 0.3 is 12.2 Å². The highest BCUT2D eigenvalue weighted by molar-refractivity contribution is 5.87. The quantitative estimate of drug-likeness (QED) is 0.0948. The topological polar surface area (TPSA) is 194 Å². The van der Waals surface area contributed by atoms with Crippen molar-refractivity contribution in [1.82, 2.24) is 45.4 Å². The number of nitrogens with one attached hydrogen (secondary N) is 4. The van der Waals surface area contributed by atoms with Crippen LogP contribution in [0.1, 0.15) is 132 Å². The second kappa shape index (κ2) is 19.4. The van der Waals surface area contributed by atoms with E-state index in [1.807, 2.05) is 43.7 Å². The van der Waals surface area contributed by atoms with Gasteiger partial charge in [-0.05, 0) is 117 Å². The zero-order valence-electron chi connectivity index (χ0n) is 39.6. The van der Waals surface area contributed by atoms with Crippen LogP contribution in [0.5, 0.6) is 0 Å². The van der Waals surface area contributed by atoms with Crippen LogP contribution >= 0.6 is 0 Å². The first-order chi connectivity index (χ1) is 32.4. The van der Waals surface area contributed by atoms with Gasteiger partial charge in [-0.25, -0.2) is 24.5 Å². The van der Waals surface area contributed by atoms with Crippen LogP contribution in [-0.4, -0.2) is 111 Å². The summed E-state index contributed by atoms with van der Waals surface area (Å²) in [5.41, 5.74) is 6.85. The number of H-pyrrole nitrogens is 2. The number of benzene rings is 2. The molecule has 4 aliphatic heterocycles. The van der Waals surface area contributed by atoms with Crippen LogP contribution in [0.15, 0.2) is 54.7 Å². The number of aromatic amines is 2. The lowest BCUT2D eigenvalue weighted by Gasteiger charge is -2.34. The molecule has 4 saturated heterocycles. The Bertz CT molecular complexity index is 2440. The molecule has 7 heterocycles. The van der Waals surface area contributed by atoms with E-state index in [1.54, 1.807) is 0 Å². The third-order valence-electron chi connectivity index (χ3n) is 14.4. The van der Waals surface area contributed by atoms with E-state index in [1.165, 1.54) is 33.5 Å². The monoisotopic (exact) mass is 916 g/mol. The molecule has 5 aromatic rings. The number of carbonyl (C=O) groups is 4. The van der Waals surface area contributed by atoms with Gasteiger partial charge in [0.1, 0.15) is 29.6 Å². The first-order valence-electron chi connectivity index (χ1n) is 24.2. The SMILES string of the molecule is COC(=O)N[C@H](C(=O)N1CCC[C@H]1c1nc2ccc([C@@H]3CC[C@@H](c4ccc5nc([C@@H]6CCCN6C(=O)[C@@H](NC(=O)OC)C(C)C)[nH]c5c4)N3c3ccc(N4CCCCC4)nc3)cc2[nH]1)C(C)C. The molecule has 0 aliphatic carbocycles. The van der Waals surface area contributed by atoms with Crippen LogP contribution < -0.4 is 20.4 Å². The van der Waals surface area contributed by atoms with Crippen molar-refractivity contribution in [2.45, 2.75) is 122 Å². The van der Waals surface area contributed by atoms with Crippen LogP contribution in [0, 0.1) is 11.8 Å². The molecule has 4 aliphatic rings. The number of nitrogens with zero attached hydrogens (tertiary/aromatic N) is 7. The van der Waals surface area contributed by atoms with Crippen LogP contribution in [0.25, 0.3) is 22.1 Å². The number of methoxy groups -OCH3 is 2. The van der Waals surface area contributed by atoms with Crippen LogP contribution in [0.4, 0.5) is 21.1 Å². The molecule has 4 N–H and O–H groups in total. The third kappa shape index (κ3) is 9.20. The summed E-state index contributed by atoms with van der Waals surface area (Å²) in [7, 11) is 2.61. The number of imidazole rings is 2. The molecule has 0 saturated carbocycles. The molecule has 356 valence electrons. The average molecular weight is 916 g/mol. The van der Waals surface area contributed by atoms with Crippen molar-refractivity contribution in [3.05, 3.63) is 77.5 Å². The highest BCUT2D eigenvalue weighted by Crippen LogP contribution is 2.48. The Hall–Kier alpha value is -6.39. The minimum Gasteiger partial charge on any atom is -0.453 e. The summed E-state index contributed by atoms with van der Waals surface area (Å²) in [4.78, 5) is 83.1. The van der Waals surface area contributed by atoms with Gasteiger partial charge in [0.2, 0.25) is 11.8 Å². The zero-order chi connectivity index (χ0) is 46.9. The van der Waals surface area contributed by atoms with Gasteiger partial charge in [-0.2, -0.15) is 0 Å². The number of aromatic nitrogens is 5. The van der Waals surface area contributed by atoms with Gasteiger partial charge in [0.25, 0.3) is 0 Å². The van der Waals surface area contributed by atoms with Gasteiger partial charge in [-0.1, -0.05) is 39.8 Å². The van der Waals surface area contributed by atoms with Crippen LogP contribution in [0.3, 0.4) is 0 Å². The van der Waals surface area contributed by atoms with Crippen molar-refractivity contribution in [2.75, 3.05) is 50.2 Å². The van der Waals surface area contributed by atoms with E-state index < -0.39 is 24.3 Å². The average Bonchev–Trinajstić information content (AvgIpc) is 4.20. The van der Waals surface area contributed by atoms with Crippen molar-refractivity contribution in [3.63, 3.8) is 0 Å². The predicted octanol–water partition coefficient (Wildman–Crippen LogP) is 8.00. The molecule has 3 aromatic heterocycles. The maximum Gasteiger partial charge on any atom is 0.407 e. The third-order valence-corrected chi connectivity index (χ3v) is 14.4. The standard InChI is InChI=1S/C50H65N11O6/c1-29(2)43(56-49(64)66-5)47(62)59-24-10-12-40(59)45-52-34-17-14-31(26-36(34)54-45)38-19-20-39(61(38)33-16-21-42(51-28-33)58-22-8-7-9-23-58)32-15-18-35-37(27-32)55-46(53-35)41-13-11-25-60(41)48(63)44(30(3)4)57-50(65)67-6/h14-18,21,26-30,38-41,43-44H,7-13,19-20,22-25H2,1-6H3,(H,52,54)(H,53,55)(H,56,64)(H,57,65)/t38-,39-,40-,41-,43-,44-/m0/s1. The number of anilines is 2. The first-order valence-corrected chi connectivity index (χ1v) is 24.2. The lowest BCUT2D eigenvalue weighted by molar-refractivity contribution is -0.136. The smallest absolute Gasteiger partial charge is 0.407 e. The molecule has 4 fully saturated rings. The number of pyridine rings is 1. The van der Waals surface area contributed by atoms with E-state index in [0.717, 1.165) is 108 Å². The number of likely N-dealkylation sites (tertiary alicyclic amines) is 2. The predicted molar refractivity (Wildman–Crippen MR) is 255 cm³/mol. The first kappa shape index (κ1) is 45.8. The van der Waals surface area contributed by atoms with E-state index >= 15 is 0 Å². The molecular formula is C50H65N11O6. The number of hydrogen-bond acceptors (Lipinski definition) is 11. The van der Waals surface area contributed by atoms with Gasteiger partial charge in [0, 0.05) is 26.2 Å². The molecule has 0 bridgehead atoms. The minimum absolute atomic E-state index is 0.0307. The number of alkyl carbamates (subject to hydrolysis) is 2. The summed E-state index contributed by atoms with van der Waals surface area (Å²) in [6, 6.07) is 15.5. The van der Waals surface area contributed by atoms with E-state index in [9.17, 15) is 19.2 Å². The second-order valence-corrected chi connectivity index (χ2v) is 19.3. The summed E-state index contributed by atoms with van der Waals surface area (Å²) in [5.74, 6) is 1.97. The summed E-state index contributed by atoms with van der Waals surface area (Å²) < 4.78 is 9.68. The van der Waals surface area contributed by atoms with E-state index in [-0.39, 0.29) is 47.8 Å². The normalized spacial score (nSPS) is 22.0. The van der Waals surface area contributed by atoms with Crippen molar-refractivity contribution >= 4 is 57.6 Å². The van der Waals surface area contributed by atoms with Gasteiger partial charge in [-0.15, -0.1) is 0 Å². The Morgan fingerprint density at radius 2 is 1.10 bits per heavy atom. The number of hydrogen-bond donors (Lipinski definition) is 4. The van der Waals surface area contributed by atoms with Gasteiger partial charge in [-0.3, -0.25) is 9.59 Å². The molecule has 2 aromatic carbocycles. The summed E-state index contributed by atoms with van der Waals surface area (Å²) in [6.07, 6.45) is 9.42. The Morgan fingerprint density at radius 3 is 1.54 bits per heavy atom. The number of rotatable bonds is 12. The largest absolute Gasteiger partial charge is 0.453 e. The maximum absolute atomic E-state index is 13.9. The number of carbonyl (C=O) groups excluding carboxylic acids is 4. The maximum atomic E-state index is 13.9. The van der Waals surface area contributed by atoms with Crippen molar-refractivity contribution < 1.29 is 28.7 Å². The molecule has 0 spiro atoms. The molecule has 6 atom stereocenters. The van der Waals surface area contributed by atoms with Crippen molar-refractivity contribution in [2.24, 2.45) is 11.8 Å². The van der Waals surface area contributed by atoms with E-state index in [0.29, 0.717) is 13.1 Å². The molecule has 17 heteroatoms. The van der Waals surface area contributed by atoms with E-state index in [2.05, 4.69) is 78.9 Å². The number of piperidine rings is 1. The summed E-state index contributed by atoms with van der Waals surface area (Å²) >= 11 is 0. The number of amides is 4. The number of ether oxygens (including phenoxy) is 2. The lowest BCUT2D eigenvalue weighted by atomic mass is 10.0. The molecule has 67 heavy (non-hydrogen) atoms. The van der Waals surface area contributed by atoms with Crippen LogP contribution in [-0.2, 0) is 19.1 Å². The Labute approximate surface area is 391 Å². The van der Waals surface area contributed by atoms with Crippen molar-refractivity contribution in [3.8, 4) is 0 Å². The lowest BCUT2D eigenvalue weighted by Crippen LogP contribution is -2.51. The zero-order valence-corrected chi connectivity index (χ0v) is 39.6. The number of fused-ring (bicyclic) bond motifs is 2. The highest BCUT2D eigenvalue weighted by Gasteiger charge is 2.41. The molecule has 0 radical (unpaired) electrons. The Morgan fingerprint density at radius 1 is 0.612 bits per heavy atom. The highest BCUT2D eigenvalue weighted by atomic mass is 16.5. The van der Waals surface area contributed by atoms with Gasteiger partial charge in [0.15, 0.2) is 0 Å². The van der Waals surface area contributed by atoms with E-state index in [4.69, 9.17) is 24.4 Å². The van der Waals surface area contributed by atoms with Gasteiger partial charge in [0.05, 0.1) is 72.3 Å². The summed E-state index contributed by atoms with van der Waals surface area (Å²) in [5, 5.41) is 5.49. The molecule has 0 unspecified atom stereocenters. The molecular weight excluding hydrogens is 851 g/mol. The molecule has 4 amide bonds. The van der Waals surface area contributed by atoms with Gasteiger partial charge < -0.3 is 49.7 Å². The second-order valence-electron chi connectivity index (χ2n) is 19.3. The molecule has 9 rings (SSSR count). The Balaban J connectivity index is 1.01. The minimum atomic E-state index is -0.709. The fourth-order valence-electron chi connectivity index (χ4n) is 10.9. The summed E-state index contributed by atoms with van der Waals surface area (Å²) in [6.45, 7) is 10.9. The van der Waals surface area contributed by atoms with Crippen LogP contribution in [0.2, 0.25) is 0 Å². The molecule has 17 nitrogen and oxygen atoms in total. The fraction of sp³-hybridized carbons (Fsp3) is 0.540. The Kier molecular flexibility index (Phi) is 13.3. The van der Waals surface area contributed by atoms with Crippen molar-refractivity contribution in [1.29, 1.82) is 0 Å². The fourth-order valence-corrected chi connectivity index (χ4v) is 10.9.